The zero-order valence-electron chi connectivity index (χ0n) is 15.7. The second-order valence-electron chi connectivity index (χ2n) is 5.62. The predicted octanol–water partition coefficient (Wildman–Crippen LogP) is 6.08. The minimum atomic E-state index is -2.60. The van der Waals surface area contributed by atoms with Crippen molar-refractivity contribution in [2.45, 2.75) is 66.2 Å². The van der Waals surface area contributed by atoms with Gasteiger partial charge in [-0.1, -0.05) is 39.0 Å². The molecule has 1 rings (SSSR count). The standard InChI is InChI=1S/C16H35O3S4Si/c1-5-17-24(18-6-2,19-7-3)23(21-8-4)22-20-15-14-16-12-10-9-11-13-16/h16H,5-15H2,1-4H3/q+1. The highest BCUT2D eigenvalue weighted by Crippen LogP contribution is 2.46. The van der Waals surface area contributed by atoms with Crippen LogP contribution in [0.25, 0.3) is 0 Å². The average molecular weight is 432 g/mol. The van der Waals surface area contributed by atoms with Crippen molar-refractivity contribution < 1.29 is 13.3 Å². The summed E-state index contributed by atoms with van der Waals surface area (Å²) >= 11 is 0. The lowest BCUT2D eigenvalue weighted by molar-refractivity contribution is 0.0966. The Bertz CT molecular complexity index is 290. The molecule has 24 heavy (non-hydrogen) atoms. The molecule has 1 aliphatic carbocycles. The van der Waals surface area contributed by atoms with Gasteiger partial charge in [-0.3, -0.25) is 0 Å². The quantitative estimate of drug-likeness (QED) is 0.143. The molecule has 0 aromatic carbocycles. The van der Waals surface area contributed by atoms with Crippen LogP contribution in [0.15, 0.2) is 0 Å². The Labute approximate surface area is 164 Å². The van der Waals surface area contributed by atoms with Crippen molar-refractivity contribution in [2.24, 2.45) is 5.92 Å². The molecule has 1 unspecified atom stereocenters. The zero-order valence-corrected chi connectivity index (χ0v) is 20.0. The minimum absolute atomic E-state index is 0.0584. The van der Waals surface area contributed by atoms with Gasteiger partial charge in [0.15, 0.2) is 18.2 Å². The van der Waals surface area contributed by atoms with Crippen LogP contribution in [0.1, 0.15) is 66.2 Å². The summed E-state index contributed by atoms with van der Waals surface area (Å²) in [4.78, 5) is 0. The highest BCUT2D eigenvalue weighted by atomic mass is 33.8. The van der Waals surface area contributed by atoms with E-state index in [0.717, 1.165) is 11.7 Å². The topological polar surface area (TPSA) is 27.7 Å². The first-order valence-electron chi connectivity index (χ1n) is 9.31. The molecule has 0 radical (unpaired) electrons. The van der Waals surface area contributed by atoms with Crippen LogP contribution < -0.4 is 0 Å². The Kier molecular flexibility index (Phi) is 14.3. The Morgan fingerprint density at radius 2 is 1.50 bits per heavy atom. The molecule has 0 saturated heterocycles. The first kappa shape index (κ1) is 23.5. The molecule has 0 N–H and O–H groups in total. The maximum Gasteiger partial charge on any atom is 0.808 e. The number of hydrogen-bond acceptors (Lipinski definition) is 6. The van der Waals surface area contributed by atoms with Crippen molar-refractivity contribution in [1.82, 2.24) is 0 Å². The van der Waals surface area contributed by atoms with Gasteiger partial charge in [-0.05, 0) is 43.9 Å². The van der Waals surface area contributed by atoms with Gasteiger partial charge in [0, 0.05) is 31.3 Å². The summed E-state index contributed by atoms with van der Waals surface area (Å²) < 4.78 is 18.4. The van der Waals surface area contributed by atoms with E-state index in [0.29, 0.717) is 19.8 Å². The molecule has 0 aromatic rings. The van der Waals surface area contributed by atoms with Crippen LogP contribution in [-0.2, 0) is 21.7 Å². The fourth-order valence-electron chi connectivity index (χ4n) is 2.81. The van der Waals surface area contributed by atoms with Gasteiger partial charge in [-0.15, -0.1) is 0 Å². The van der Waals surface area contributed by atoms with E-state index in [4.69, 9.17) is 13.3 Å². The highest BCUT2D eigenvalue weighted by molar-refractivity contribution is 9.29. The smallest absolute Gasteiger partial charge is 0.331 e. The van der Waals surface area contributed by atoms with E-state index in [1.807, 2.05) is 52.2 Å². The lowest BCUT2D eigenvalue weighted by atomic mass is 9.88. The van der Waals surface area contributed by atoms with E-state index in [1.165, 1.54) is 44.3 Å². The molecule has 8 heteroatoms. The molecular weight excluding hydrogens is 397 g/mol. The zero-order chi connectivity index (χ0) is 17.7. The fourth-order valence-corrected chi connectivity index (χ4v) is 23.6. The molecule has 0 bridgehead atoms. The third kappa shape index (κ3) is 8.46. The predicted molar refractivity (Wildman–Crippen MR) is 117 cm³/mol. The van der Waals surface area contributed by atoms with Gasteiger partial charge in [0.25, 0.3) is 0 Å². The third-order valence-corrected chi connectivity index (χ3v) is 23.0. The summed E-state index contributed by atoms with van der Waals surface area (Å²) in [7, 11) is 3.24. The molecule has 0 heterocycles. The lowest BCUT2D eigenvalue weighted by Crippen LogP contribution is -2.51. The van der Waals surface area contributed by atoms with Gasteiger partial charge in [0.2, 0.25) is 0 Å². The van der Waals surface area contributed by atoms with Gasteiger partial charge < -0.3 is 13.3 Å². The first-order valence-corrected chi connectivity index (χ1v) is 17.3. The van der Waals surface area contributed by atoms with Crippen molar-refractivity contribution in [3.05, 3.63) is 0 Å². The Hall–Kier alpha value is 1.50. The van der Waals surface area contributed by atoms with E-state index in [9.17, 15) is 0 Å². The van der Waals surface area contributed by atoms with Crippen LogP contribution in [-0.4, -0.2) is 39.3 Å². The molecule has 1 aliphatic rings. The molecule has 0 aromatic heterocycles. The third-order valence-electron chi connectivity index (χ3n) is 3.84. The van der Waals surface area contributed by atoms with E-state index in [1.54, 1.807) is 0 Å². The normalized spacial score (nSPS) is 18.0. The second kappa shape index (κ2) is 14.5. The van der Waals surface area contributed by atoms with Gasteiger partial charge in [-0.25, -0.2) is 0 Å². The molecular formula is C16H35O3S4Si+. The number of rotatable bonds is 14. The summed E-state index contributed by atoms with van der Waals surface area (Å²) in [5.41, 5.74) is 0. The van der Waals surface area contributed by atoms with Crippen LogP contribution in [0, 0.1) is 5.92 Å². The van der Waals surface area contributed by atoms with Gasteiger partial charge in [-0.2, -0.15) is 0 Å². The van der Waals surface area contributed by atoms with E-state index in [2.05, 4.69) is 6.92 Å². The molecule has 1 fully saturated rings. The van der Waals surface area contributed by atoms with Crippen molar-refractivity contribution in [2.75, 3.05) is 31.3 Å². The number of hydrogen-bond donors (Lipinski definition) is 0. The Morgan fingerprint density at radius 3 is 2.00 bits per heavy atom. The maximum atomic E-state index is 6.12. The van der Waals surface area contributed by atoms with Crippen LogP contribution in [0.3, 0.4) is 0 Å². The minimum Gasteiger partial charge on any atom is -0.331 e. The summed E-state index contributed by atoms with van der Waals surface area (Å²) in [5.74, 6) is 3.26. The molecule has 0 spiro atoms. The highest BCUT2D eigenvalue weighted by Gasteiger charge is 2.66. The summed E-state index contributed by atoms with van der Waals surface area (Å²) in [6.07, 6.45) is 8.56. The SMILES string of the molecule is CCO[Si](OCC)(OCC)[S+](SCC)SSCCC1CCCCC1. The van der Waals surface area contributed by atoms with E-state index < -0.39 is 7.95 Å². The monoisotopic (exact) mass is 431 g/mol. The summed E-state index contributed by atoms with van der Waals surface area (Å²) in [5, 5.41) is 0. The van der Waals surface area contributed by atoms with Crippen LogP contribution in [0.2, 0.25) is 0 Å². The maximum absolute atomic E-state index is 6.12. The van der Waals surface area contributed by atoms with Crippen molar-refractivity contribution in [3.8, 4) is 0 Å². The lowest BCUT2D eigenvalue weighted by Gasteiger charge is -2.23. The van der Waals surface area contributed by atoms with E-state index in [-0.39, 0.29) is 8.41 Å². The van der Waals surface area contributed by atoms with Crippen LogP contribution >= 0.6 is 31.4 Å². The van der Waals surface area contributed by atoms with Crippen molar-refractivity contribution >= 4 is 47.8 Å². The van der Waals surface area contributed by atoms with Crippen molar-refractivity contribution in [1.29, 1.82) is 0 Å². The fraction of sp³-hybridized carbons (Fsp3) is 1.00. The average Bonchev–Trinajstić information content (AvgIpc) is 2.59. The first-order chi connectivity index (χ1) is 11.7. The van der Waals surface area contributed by atoms with Crippen LogP contribution in [0.4, 0.5) is 0 Å². The van der Waals surface area contributed by atoms with E-state index >= 15 is 0 Å². The Morgan fingerprint density at radius 1 is 0.917 bits per heavy atom. The second-order valence-corrected chi connectivity index (χ2v) is 19.7. The summed E-state index contributed by atoms with van der Waals surface area (Å²) in [6.45, 7) is 10.3. The molecule has 1 atom stereocenters. The molecule has 0 aliphatic heterocycles. The molecule has 0 amide bonds. The molecule has 3 nitrogen and oxygen atoms in total. The molecule has 1 saturated carbocycles. The van der Waals surface area contributed by atoms with Crippen LogP contribution in [0.5, 0.6) is 0 Å². The molecule has 144 valence electrons. The van der Waals surface area contributed by atoms with Gasteiger partial charge in [0.1, 0.15) is 0 Å². The Balaban J connectivity index is 2.53. The van der Waals surface area contributed by atoms with Crippen molar-refractivity contribution in [3.63, 3.8) is 0 Å². The largest absolute Gasteiger partial charge is 0.808 e. The van der Waals surface area contributed by atoms with Gasteiger partial charge >= 0.3 is 7.95 Å². The summed E-state index contributed by atoms with van der Waals surface area (Å²) in [6, 6.07) is 0. The van der Waals surface area contributed by atoms with Gasteiger partial charge in [0.05, 0.1) is 10.8 Å².